The minimum atomic E-state index is -0.760. The van der Waals surface area contributed by atoms with Crippen molar-refractivity contribution in [3.05, 3.63) is 178 Å². The number of aliphatic imine (C=N–C) groups is 1. The fourth-order valence-corrected chi connectivity index (χ4v) is 7.03. The molecule has 0 aliphatic heterocycles. The van der Waals surface area contributed by atoms with Crippen LogP contribution in [0.4, 0.5) is 5.69 Å². The quantitative estimate of drug-likeness (QED) is 0.129. The van der Waals surface area contributed by atoms with Crippen molar-refractivity contribution in [1.29, 1.82) is 0 Å². The molecule has 4 heteroatoms. The van der Waals surface area contributed by atoms with Crippen molar-refractivity contribution < 1.29 is 10.2 Å². The van der Waals surface area contributed by atoms with Gasteiger partial charge < -0.3 is 10.2 Å². The molecule has 2 N–H and O–H groups in total. The molecule has 0 saturated heterocycles. The normalized spacial score (nSPS) is 12.7. The van der Waals surface area contributed by atoms with Gasteiger partial charge in [-0.3, -0.25) is 9.98 Å². The summed E-state index contributed by atoms with van der Waals surface area (Å²) in [5.41, 5.74) is 10.1. The highest BCUT2D eigenvalue weighted by Crippen LogP contribution is 2.48. The third-order valence-corrected chi connectivity index (χ3v) is 10.3. The molecule has 0 atom stereocenters. The first-order valence-corrected chi connectivity index (χ1v) is 18.4. The summed E-state index contributed by atoms with van der Waals surface area (Å²) in [6.45, 7) is 20.1. The second-order valence-electron chi connectivity index (χ2n) is 17.2. The van der Waals surface area contributed by atoms with Gasteiger partial charge in [-0.05, 0) is 91.1 Å². The summed E-state index contributed by atoms with van der Waals surface area (Å²) >= 11 is 0. The smallest absolute Gasteiger partial charge is 0.141 e. The van der Waals surface area contributed by atoms with Crippen LogP contribution in [0.15, 0.2) is 139 Å². The summed E-state index contributed by atoms with van der Waals surface area (Å²) in [6.07, 6.45) is 5.14. The molecule has 0 radical (unpaired) electrons. The standard InChI is InChI=1S/C49H52N2O2/c1-46(2,3)36-13-19-39(20-14-36)49(40-21-15-37(16-22-40)47(4,5)6,41-23-17-38(18-24-41)48(7,8)9)42-25-27-45(53)43(30-42)51-32-35-29-33(12-26-44(35)52)34-11-10-28-50-31-34/h10-32,52-53H,1-9H3. The van der Waals surface area contributed by atoms with E-state index in [1.807, 2.05) is 36.4 Å². The van der Waals surface area contributed by atoms with E-state index < -0.39 is 5.41 Å². The van der Waals surface area contributed by atoms with Crippen LogP contribution >= 0.6 is 0 Å². The second kappa shape index (κ2) is 14.2. The van der Waals surface area contributed by atoms with Crippen LogP contribution in [0, 0.1) is 0 Å². The van der Waals surface area contributed by atoms with Crippen molar-refractivity contribution in [1.82, 2.24) is 4.98 Å². The van der Waals surface area contributed by atoms with Crippen LogP contribution in [-0.2, 0) is 21.7 Å². The molecule has 53 heavy (non-hydrogen) atoms. The van der Waals surface area contributed by atoms with E-state index >= 15 is 0 Å². The lowest BCUT2D eigenvalue weighted by molar-refractivity contribution is 0.474. The van der Waals surface area contributed by atoms with E-state index in [2.05, 4.69) is 140 Å². The van der Waals surface area contributed by atoms with Gasteiger partial charge in [0, 0.05) is 29.7 Å². The topological polar surface area (TPSA) is 65.7 Å². The average Bonchev–Trinajstić information content (AvgIpc) is 3.12. The summed E-state index contributed by atoms with van der Waals surface area (Å²) < 4.78 is 0. The summed E-state index contributed by atoms with van der Waals surface area (Å²) in [6, 6.07) is 42.0. The minimum absolute atomic E-state index is 0.00971. The van der Waals surface area contributed by atoms with Gasteiger partial charge in [0.2, 0.25) is 0 Å². The zero-order chi connectivity index (χ0) is 38.2. The molecule has 6 aromatic rings. The van der Waals surface area contributed by atoms with Gasteiger partial charge in [-0.1, -0.05) is 153 Å². The summed E-state index contributed by atoms with van der Waals surface area (Å²) in [5, 5.41) is 22.1. The predicted molar refractivity (Wildman–Crippen MR) is 221 cm³/mol. The van der Waals surface area contributed by atoms with Crippen molar-refractivity contribution in [2.24, 2.45) is 4.99 Å². The van der Waals surface area contributed by atoms with Gasteiger partial charge in [-0.15, -0.1) is 0 Å². The molecule has 0 unspecified atom stereocenters. The molecule has 1 aromatic heterocycles. The maximum absolute atomic E-state index is 11.3. The van der Waals surface area contributed by atoms with E-state index in [0.29, 0.717) is 11.3 Å². The molecule has 0 fully saturated rings. The maximum Gasteiger partial charge on any atom is 0.141 e. The first-order valence-electron chi connectivity index (χ1n) is 18.4. The lowest BCUT2D eigenvalue weighted by atomic mass is 9.64. The average molecular weight is 701 g/mol. The monoisotopic (exact) mass is 700 g/mol. The molecule has 0 aliphatic carbocycles. The number of phenolic OH excluding ortho intramolecular Hbond substituents is 2. The lowest BCUT2D eigenvalue weighted by Crippen LogP contribution is -2.31. The van der Waals surface area contributed by atoms with E-state index in [1.54, 1.807) is 30.7 Å². The fourth-order valence-electron chi connectivity index (χ4n) is 7.03. The van der Waals surface area contributed by atoms with Crippen molar-refractivity contribution in [2.75, 3.05) is 0 Å². The Kier molecular flexibility index (Phi) is 9.96. The number of pyridine rings is 1. The maximum atomic E-state index is 11.3. The molecule has 0 bridgehead atoms. The Morgan fingerprint density at radius 3 is 1.34 bits per heavy atom. The molecule has 0 amide bonds. The molecule has 0 spiro atoms. The molecule has 1 heterocycles. The van der Waals surface area contributed by atoms with Gasteiger partial charge >= 0.3 is 0 Å². The van der Waals surface area contributed by atoms with E-state index in [0.717, 1.165) is 33.4 Å². The predicted octanol–water partition coefficient (Wildman–Crippen LogP) is 12.2. The van der Waals surface area contributed by atoms with E-state index in [4.69, 9.17) is 4.99 Å². The largest absolute Gasteiger partial charge is 0.507 e. The van der Waals surface area contributed by atoms with E-state index in [9.17, 15) is 10.2 Å². The van der Waals surface area contributed by atoms with Crippen molar-refractivity contribution in [2.45, 2.75) is 84.0 Å². The van der Waals surface area contributed by atoms with Gasteiger partial charge in [-0.25, -0.2) is 0 Å². The number of phenols is 2. The van der Waals surface area contributed by atoms with Crippen molar-refractivity contribution in [3.63, 3.8) is 0 Å². The van der Waals surface area contributed by atoms with Gasteiger partial charge in [0.15, 0.2) is 0 Å². The van der Waals surface area contributed by atoms with Crippen LogP contribution < -0.4 is 0 Å². The lowest BCUT2D eigenvalue weighted by Gasteiger charge is -2.38. The summed E-state index contributed by atoms with van der Waals surface area (Å²) in [5.74, 6) is 0.152. The zero-order valence-corrected chi connectivity index (χ0v) is 32.6. The summed E-state index contributed by atoms with van der Waals surface area (Å²) in [7, 11) is 0. The van der Waals surface area contributed by atoms with E-state index in [1.165, 1.54) is 16.7 Å². The molecule has 270 valence electrons. The third kappa shape index (κ3) is 7.69. The number of aromatic hydroxyl groups is 2. The highest BCUT2D eigenvalue weighted by atomic mass is 16.3. The zero-order valence-electron chi connectivity index (χ0n) is 32.6. The molecular weight excluding hydrogens is 649 g/mol. The Hall–Kier alpha value is -5.48. The van der Waals surface area contributed by atoms with Crippen LogP contribution in [0.5, 0.6) is 11.5 Å². The Morgan fingerprint density at radius 2 is 0.906 bits per heavy atom. The molecule has 5 aromatic carbocycles. The molecule has 0 aliphatic rings. The highest BCUT2D eigenvalue weighted by molar-refractivity contribution is 5.88. The number of hydrogen-bond acceptors (Lipinski definition) is 4. The summed E-state index contributed by atoms with van der Waals surface area (Å²) in [4.78, 5) is 9.06. The molecule has 6 rings (SSSR count). The van der Waals surface area contributed by atoms with Crippen LogP contribution in [-0.4, -0.2) is 21.4 Å². The van der Waals surface area contributed by atoms with Crippen molar-refractivity contribution >= 4 is 11.9 Å². The minimum Gasteiger partial charge on any atom is -0.507 e. The number of hydrogen-bond donors (Lipinski definition) is 2. The van der Waals surface area contributed by atoms with Crippen LogP contribution in [0.2, 0.25) is 0 Å². The first-order chi connectivity index (χ1) is 25.0. The number of aromatic nitrogens is 1. The third-order valence-electron chi connectivity index (χ3n) is 10.3. The second-order valence-corrected chi connectivity index (χ2v) is 17.2. The van der Waals surface area contributed by atoms with Gasteiger partial charge in [-0.2, -0.15) is 0 Å². The number of rotatable bonds is 7. The number of benzene rings is 5. The number of nitrogens with zero attached hydrogens (tertiary/aromatic N) is 2. The SMILES string of the molecule is CC(C)(C)c1ccc(C(c2ccc(C(C)(C)C)cc2)(c2ccc(C(C)(C)C)cc2)c2ccc(O)c(N=Cc3cc(-c4cccnc4)ccc3O)c2)cc1. The molecular formula is C49H52N2O2. The first kappa shape index (κ1) is 37.3. The highest BCUT2D eigenvalue weighted by Gasteiger charge is 2.39. The van der Waals surface area contributed by atoms with Gasteiger partial charge in [0.25, 0.3) is 0 Å². The Bertz CT molecular complexity index is 2070. The Morgan fingerprint density at radius 1 is 0.472 bits per heavy atom. The van der Waals surface area contributed by atoms with Gasteiger partial charge in [0.05, 0.1) is 5.41 Å². The van der Waals surface area contributed by atoms with Crippen LogP contribution in [0.3, 0.4) is 0 Å². The van der Waals surface area contributed by atoms with Crippen molar-refractivity contribution in [3.8, 4) is 22.6 Å². The molecule has 0 saturated carbocycles. The van der Waals surface area contributed by atoms with Gasteiger partial charge in [0.1, 0.15) is 17.2 Å². The Labute approximate surface area is 316 Å². The fraction of sp³-hybridized carbons (Fsp3) is 0.265. The van der Waals surface area contributed by atoms with E-state index in [-0.39, 0.29) is 27.7 Å². The molecule has 4 nitrogen and oxygen atoms in total. The van der Waals surface area contributed by atoms with Crippen LogP contribution in [0.1, 0.15) is 107 Å². The van der Waals surface area contributed by atoms with Crippen LogP contribution in [0.25, 0.3) is 11.1 Å². The Balaban J connectivity index is 1.60.